The van der Waals surface area contributed by atoms with Crippen LogP contribution in [0.3, 0.4) is 0 Å². The highest BCUT2D eigenvalue weighted by molar-refractivity contribution is 4.85. The van der Waals surface area contributed by atoms with E-state index in [4.69, 9.17) is 0 Å². The molecular formula is C9H16N2O2. The predicted molar refractivity (Wildman–Crippen MR) is 50.8 cm³/mol. The molecule has 74 valence electrons. The Morgan fingerprint density at radius 1 is 1.46 bits per heavy atom. The Hall–Kier alpha value is -1.03. The van der Waals surface area contributed by atoms with Gasteiger partial charge in [-0.15, -0.1) is 0 Å². The van der Waals surface area contributed by atoms with Gasteiger partial charge in [0.25, 0.3) is 0 Å². The van der Waals surface area contributed by atoms with Gasteiger partial charge in [0.1, 0.15) is 0 Å². The van der Waals surface area contributed by atoms with Crippen molar-refractivity contribution in [2.45, 2.75) is 39.5 Å². The fourth-order valence-electron chi connectivity index (χ4n) is 1.21. The lowest BCUT2D eigenvalue weighted by atomic mass is 10.2. The second-order valence-corrected chi connectivity index (χ2v) is 3.26. The van der Waals surface area contributed by atoms with Gasteiger partial charge in [-0.05, 0) is 20.8 Å². The lowest BCUT2D eigenvalue weighted by Crippen LogP contribution is -2.30. The number of aromatic nitrogens is 2. The second kappa shape index (κ2) is 3.79. The average molecular weight is 184 g/mol. The normalized spacial score (nSPS) is 15.7. The molecule has 0 aliphatic rings. The van der Waals surface area contributed by atoms with Crippen molar-refractivity contribution < 1.29 is 5.11 Å². The molecule has 1 aromatic rings. The Morgan fingerprint density at radius 2 is 2.08 bits per heavy atom. The molecule has 0 saturated carbocycles. The van der Waals surface area contributed by atoms with Crippen molar-refractivity contribution >= 4 is 0 Å². The maximum absolute atomic E-state index is 11.6. The third-order valence-electron chi connectivity index (χ3n) is 2.35. The third kappa shape index (κ3) is 1.83. The lowest BCUT2D eigenvalue weighted by Gasteiger charge is -2.14. The topological polar surface area (TPSA) is 47.2 Å². The molecule has 4 nitrogen and oxygen atoms in total. The van der Waals surface area contributed by atoms with Gasteiger partial charge in [0.2, 0.25) is 0 Å². The monoisotopic (exact) mass is 184 g/mol. The molecule has 1 N–H and O–H groups in total. The van der Waals surface area contributed by atoms with Crippen LogP contribution in [-0.2, 0) is 6.54 Å². The fourth-order valence-corrected chi connectivity index (χ4v) is 1.21. The van der Waals surface area contributed by atoms with E-state index >= 15 is 0 Å². The summed E-state index contributed by atoms with van der Waals surface area (Å²) < 4.78 is 3.16. The van der Waals surface area contributed by atoms with E-state index in [-0.39, 0.29) is 11.7 Å². The summed E-state index contributed by atoms with van der Waals surface area (Å²) in [7, 11) is 0. The smallest absolute Gasteiger partial charge is 0.328 e. The Bertz CT molecular complexity index is 325. The van der Waals surface area contributed by atoms with Crippen LogP contribution < -0.4 is 5.69 Å². The van der Waals surface area contributed by atoms with E-state index in [1.807, 2.05) is 13.8 Å². The SMILES string of the molecule is CCn1ccn(C(C)C(C)O)c1=O. The molecule has 0 saturated heterocycles. The number of rotatable bonds is 3. The summed E-state index contributed by atoms with van der Waals surface area (Å²) in [6.45, 7) is 6.09. The molecule has 0 bridgehead atoms. The van der Waals surface area contributed by atoms with Crippen molar-refractivity contribution in [1.29, 1.82) is 0 Å². The molecule has 2 atom stereocenters. The third-order valence-corrected chi connectivity index (χ3v) is 2.35. The molecule has 0 amide bonds. The summed E-state index contributed by atoms with van der Waals surface area (Å²) in [5.41, 5.74) is -0.0594. The zero-order valence-corrected chi connectivity index (χ0v) is 8.27. The maximum Gasteiger partial charge on any atom is 0.328 e. The summed E-state index contributed by atoms with van der Waals surface area (Å²) in [5, 5.41) is 9.31. The zero-order valence-electron chi connectivity index (χ0n) is 8.27. The van der Waals surface area contributed by atoms with E-state index in [1.165, 1.54) is 0 Å². The Labute approximate surface area is 77.4 Å². The van der Waals surface area contributed by atoms with Crippen molar-refractivity contribution in [3.8, 4) is 0 Å². The largest absolute Gasteiger partial charge is 0.391 e. The van der Waals surface area contributed by atoms with Crippen LogP contribution in [0.25, 0.3) is 0 Å². The molecule has 13 heavy (non-hydrogen) atoms. The van der Waals surface area contributed by atoms with E-state index in [0.29, 0.717) is 6.54 Å². The second-order valence-electron chi connectivity index (χ2n) is 3.26. The van der Waals surface area contributed by atoms with Crippen LogP contribution in [0.15, 0.2) is 17.2 Å². The minimum atomic E-state index is -0.509. The van der Waals surface area contributed by atoms with Crippen LogP contribution in [0, 0.1) is 0 Å². The lowest BCUT2D eigenvalue weighted by molar-refractivity contribution is 0.137. The molecule has 0 aliphatic heterocycles. The van der Waals surface area contributed by atoms with E-state index in [0.717, 1.165) is 0 Å². The summed E-state index contributed by atoms with van der Waals surface area (Å²) >= 11 is 0. The Balaban J connectivity index is 3.03. The molecule has 0 fully saturated rings. The highest BCUT2D eigenvalue weighted by atomic mass is 16.3. The first kappa shape index (κ1) is 10.1. The van der Waals surface area contributed by atoms with Gasteiger partial charge in [0.15, 0.2) is 0 Å². The molecule has 1 aromatic heterocycles. The maximum atomic E-state index is 11.6. The average Bonchev–Trinajstić information content (AvgIpc) is 2.45. The molecule has 0 aromatic carbocycles. The number of hydrogen-bond acceptors (Lipinski definition) is 2. The molecule has 0 radical (unpaired) electrons. The molecule has 1 heterocycles. The van der Waals surface area contributed by atoms with Crippen molar-refractivity contribution in [2.24, 2.45) is 0 Å². The molecule has 0 spiro atoms. The van der Waals surface area contributed by atoms with Gasteiger partial charge in [-0.1, -0.05) is 0 Å². The van der Waals surface area contributed by atoms with Gasteiger partial charge in [0.05, 0.1) is 12.1 Å². The first-order valence-corrected chi connectivity index (χ1v) is 4.53. The van der Waals surface area contributed by atoms with E-state index in [1.54, 1.807) is 28.5 Å². The van der Waals surface area contributed by atoms with Crippen molar-refractivity contribution in [3.05, 3.63) is 22.9 Å². The van der Waals surface area contributed by atoms with E-state index < -0.39 is 6.10 Å². The van der Waals surface area contributed by atoms with Gasteiger partial charge in [0, 0.05) is 18.9 Å². The highest BCUT2D eigenvalue weighted by Gasteiger charge is 2.13. The van der Waals surface area contributed by atoms with Gasteiger partial charge in [-0.25, -0.2) is 4.79 Å². The van der Waals surface area contributed by atoms with Crippen LogP contribution in [0.5, 0.6) is 0 Å². The first-order valence-electron chi connectivity index (χ1n) is 4.53. The van der Waals surface area contributed by atoms with Gasteiger partial charge in [-0.2, -0.15) is 0 Å². The van der Waals surface area contributed by atoms with Crippen molar-refractivity contribution in [3.63, 3.8) is 0 Å². The minimum absolute atomic E-state index is 0.0594. The molecule has 1 rings (SSSR count). The standard InChI is InChI=1S/C9H16N2O2/c1-4-10-5-6-11(9(10)13)7(2)8(3)12/h5-8,12H,4H2,1-3H3. The minimum Gasteiger partial charge on any atom is -0.391 e. The van der Waals surface area contributed by atoms with Crippen LogP contribution in [0.2, 0.25) is 0 Å². The van der Waals surface area contributed by atoms with Crippen LogP contribution in [-0.4, -0.2) is 20.3 Å². The number of imidazole rings is 1. The summed E-state index contributed by atoms with van der Waals surface area (Å²) in [5.74, 6) is 0. The summed E-state index contributed by atoms with van der Waals surface area (Å²) in [4.78, 5) is 11.6. The molecule has 0 aliphatic carbocycles. The molecular weight excluding hydrogens is 168 g/mol. The number of aliphatic hydroxyl groups is 1. The van der Waals surface area contributed by atoms with Crippen molar-refractivity contribution in [1.82, 2.24) is 9.13 Å². The Kier molecular flexibility index (Phi) is 2.93. The van der Waals surface area contributed by atoms with Gasteiger partial charge < -0.3 is 5.11 Å². The van der Waals surface area contributed by atoms with Gasteiger partial charge >= 0.3 is 5.69 Å². The van der Waals surface area contributed by atoms with E-state index in [9.17, 15) is 9.90 Å². The summed E-state index contributed by atoms with van der Waals surface area (Å²) in [6, 6.07) is -0.166. The Morgan fingerprint density at radius 3 is 2.46 bits per heavy atom. The number of nitrogens with zero attached hydrogens (tertiary/aromatic N) is 2. The van der Waals surface area contributed by atoms with Gasteiger partial charge in [-0.3, -0.25) is 9.13 Å². The zero-order chi connectivity index (χ0) is 10.0. The van der Waals surface area contributed by atoms with Crippen LogP contribution >= 0.6 is 0 Å². The number of hydrogen-bond donors (Lipinski definition) is 1. The molecule has 2 unspecified atom stereocenters. The molecule has 4 heteroatoms. The number of aryl methyl sites for hydroxylation is 1. The van der Waals surface area contributed by atoms with Crippen molar-refractivity contribution in [2.75, 3.05) is 0 Å². The fraction of sp³-hybridized carbons (Fsp3) is 0.667. The number of aliphatic hydroxyl groups excluding tert-OH is 1. The first-order chi connectivity index (χ1) is 6.07. The van der Waals surface area contributed by atoms with Crippen LogP contribution in [0.1, 0.15) is 26.8 Å². The highest BCUT2D eigenvalue weighted by Crippen LogP contribution is 2.07. The predicted octanol–water partition coefficient (Wildman–Crippen LogP) is 0.611. The van der Waals surface area contributed by atoms with E-state index in [2.05, 4.69) is 0 Å². The summed E-state index contributed by atoms with van der Waals surface area (Å²) in [6.07, 6.45) is 2.94. The van der Waals surface area contributed by atoms with Crippen LogP contribution in [0.4, 0.5) is 0 Å². The quantitative estimate of drug-likeness (QED) is 0.748.